The summed E-state index contributed by atoms with van der Waals surface area (Å²) in [4.78, 5) is 21.7. The Balaban J connectivity index is 1.35. The van der Waals surface area contributed by atoms with Crippen LogP contribution in [0.5, 0.6) is 5.75 Å². The Bertz CT molecular complexity index is 1050. The van der Waals surface area contributed by atoms with Crippen LogP contribution in [0.2, 0.25) is 0 Å². The first kappa shape index (κ1) is 20.2. The maximum absolute atomic E-state index is 12.6. The van der Waals surface area contributed by atoms with Gasteiger partial charge in [0.1, 0.15) is 5.75 Å². The van der Waals surface area contributed by atoms with E-state index in [9.17, 15) is 4.79 Å². The van der Waals surface area contributed by atoms with E-state index in [-0.39, 0.29) is 12.5 Å². The van der Waals surface area contributed by atoms with Crippen LogP contribution in [0.4, 0.5) is 5.69 Å². The number of benzene rings is 2. The first-order valence-corrected chi connectivity index (χ1v) is 11.5. The van der Waals surface area contributed by atoms with Gasteiger partial charge in [0, 0.05) is 43.5 Å². The van der Waals surface area contributed by atoms with Crippen molar-refractivity contribution in [3.05, 3.63) is 64.5 Å². The topological polar surface area (TPSA) is 54.9 Å². The zero-order valence-electron chi connectivity index (χ0n) is 17.3. The standard InChI is InChI=1S/C24H25N3O3S/c28-24-16-30-22-7-6-19(15-21(22)27(24)9-8-26-10-12-29-13-11-26)20-17-31-23(25-20)14-18-4-2-1-3-5-18/h1-7,15,17H,8-14,16H2. The molecule has 2 aromatic carbocycles. The van der Waals surface area contributed by atoms with E-state index in [1.807, 2.05) is 29.2 Å². The zero-order chi connectivity index (χ0) is 21.0. The summed E-state index contributed by atoms with van der Waals surface area (Å²) in [5.74, 6) is 0.756. The molecule has 0 atom stereocenters. The third-order valence-electron chi connectivity index (χ3n) is 5.69. The van der Waals surface area contributed by atoms with Crippen molar-refractivity contribution >= 4 is 22.9 Å². The second-order valence-electron chi connectivity index (χ2n) is 7.76. The van der Waals surface area contributed by atoms with Crippen LogP contribution < -0.4 is 9.64 Å². The fourth-order valence-electron chi connectivity index (χ4n) is 3.97. The molecule has 1 aromatic heterocycles. The minimum absolute atomic E-state index is 0.000883. The Morgan fingerprint density at radius 1 is 1.03 bits per heavy atom. The van der Waals surface area contributed by atoms with E-state index < -0.39 is 0 Å². The van der Waals surface area contributed by atoms with E-state index >= 15 is 0 Å². The van der Waals surface area contributed by atoms with Gasteiger partial charge in [-0.2, -0.15) is 0 Å². The van der Waals surface area contributed by atoms with Gasteiger partial charge in [-0.1, -0.05) is 30.3 Å². The van der Waals surface area contributed by atoms with Crippen LogP contribution in [0.25, 0.3) is 11.3 Å². The third kappa shape index (κ3) is 4.63. The first-order valence-electron chi connectivity index (χ1n) is 10.6. The molecule has 1 amide bonds. The predicted octanol–water partition coefficient (Wildman–Crippen LogP) is 3.46. The molecule has 0 unspecified atom stereocenters. The SMILES string of the molecule is O=C1COc2ccc(-c3csc(Cc4ccccc4)n3)cc2N1CCN1CCOCC1. The molecule has 0 bridgehead atoms. The lowest BCUT2D eigenvalue weighted by Gasteiger charge is -2.33. The van der Waals surface area contributed by atoms with Gasteiger partial charge in [0.05, 0.1) is 29.6 Å². The van der Waals surface area contributed by atoms with Crippen LogP contribution in [0.15, 0.2) is 53.9 Å². The molecular formula is C24H25N3O3S. The average molecular weight is 436 g/mol. The summed E-state index contributed by atoms with van der Waals surface area (Å²) in [6.07, 6.45) is 0.823. The van der Waals surface area contributed by atoms with Gasteiger partial charge < -0.3 is 14.4 Å². The number of ether oxygens (including phenoxy) is 2. The van der Waals surface area contributed by atoms with Gasteiger partial charge in [0.15, 0.2) is 6.61 Å². The summed E-state index contributed by atoms with van der Waals surface area (Å²) < 4.78 is 11.1. The van der Waals surface area contributed by atoms with E-state index in [0.717, 1.165) is 67.0 Å². The number of carbonyl (C=O) groups excluding carboxylic acids is 1. The average Bonchev–Trinajstić information content (AvgIpc) is 3.28. The zero-order valence-corrected chi connectivity index (χ0v) is 18.1. The maximum atomic E-state index is 12.6. The number of thiazole rings is 1. The molecule has 2 aliphatic rings. The van der Waals surface area contributed by atoms with Gasteiger partial charge in [-0.3, -0.25) is 9.69 Å². The molecule has 0 N–H and O–H groups in total. The Hall–Kier alpha value is -2.74. The number of carbonyl (C=O) groups is 1. The number of rotatable bonds is 6. The number of hydrogen-bond donors (Lipinski definition) is 0. The van der Waals surface area contributed by atoms with Crippen molar-refractivity contribution in [2.24, 2.45) is 0 Å². The summed E-state index contributed by atoms with van der Waals surface area (Å²) in [5, 5.41) is 3.17. The molecule has 160 valence electrons. The van der Waals surface area contributed by atoms with Gasteiger partial charge in [-0.15, -0.1) is 11.3 Å². The summed E-state index contributed by atoms with van der Waals surface area (Å²) >= 11 is 1.67. The maximum Gasteiger partial charge on any atom is 0.265 e. The van der Waals surface area contributed by atoms with E-state index in [4.69, 9.17) is 14.5 Å². The molecule has 0 radical (unpaired) electrons. The highest BCUT2D eigenvalue weighted by Gasteiger charge is 2.27. The summed E-state index contributed by atoms with van der Waals surface area (Å²) in [6.45, 7) is 4.90. The second kappa shape index (κ2) is 9.18. The minimum atomic E-state index is 0.000883. The van der Waals surface area contributed by atoms with Gasteiger partial charge in [0.2, 0.25) is 0 Å². The number of aromatic nitrogens is 1. The summed E-state index contributed by atoms with van der Waals surface area (Å²) in [7, 11) is 0. The molecule has 7 heteroatoms. The Morgan fingerprint density at radius 2 is 1.87 bits per heavy atom. The second-order valence-corrected chi connectivity index (χ2v) is 8.70. The van der Waals surface area contributed by atoms with Crippen molar-refractivity contribution in [2.45, 2.75) is 6.42 Å². The lowest BCUT2D eigenvalue weighted by molar-refractivity contribution is -0.121. The monoisotopic (exact) mass is 435 g/mol. The summed E-state index contributed by atoms with van der Waals surface area (Å²) in [5.41, 5.74) is 4.02. The molecule has 3 aromatic rings. The van der Waals surface area contributed by atoms with E-state index in [1.54, 1.807) is 11.3 Å². The first-order chi connectivity index (χ1) is 15.3. The number of amides is 1. The van der Waals surface area contributed by atoms with Gasteiger partial charge >= 0.3 is 0 Å². The lowest BCUT2D eigenvalue weighted by atomic mass is 10.1. The number of hydrogen-bond acceptors (Lipinski definition) is 6. The largest absolute Gasteiger partial charge is 0.482 e. The highest BCUT2D eigenvalue weighted by molar-refractivity contribution is 7.10. The van der Waals surface area contributed by atoms with Gasteiger partial charge in [0.25, 0.3) is 5.91 Å². The number of nitrogens with zero attached hydrogens (tertiary/aromatic N) is 3. The van der Waals surface area contributed by atoms with E-state index in [2.05, 4.69) is 34.5 Å². The molecule has 0 aliphatic carbocycles. The van der Waals surface area contributed by atoms with Crippen LogP contribution in [0, 0.1) is 0 Å². The van der Waals surface area contributed by atoms with Crippen LogP contribution in [0.1, 0.15) is 10.6 Å². The third-order valence-corrected chi connectivity index (χ3v) is 6.54. The van der Waals surface area contributed by atoms with Crippen LogP contribution in [0.3, 0.4) is 0 Å². The van der Waals surface area contributed by atoms with Crippen molar-refractivity contribution in [3.63, 3.8) is 0 Å². The summed E-state index contributed by atoms with van der Waals surface area (Å²) in [6, 6.07) is 16.4. The molecule has 6 nitrogen and oxygen atoms in total. The van der Waals surface area contributed by atoms with Crippen molar-refractivity contribution in [1.29, 1.82) is 0 Å². The number of fused-ring (bicyclic) bond motifs is 1. The molecule has 3 heterocycles. The fraction of sp³-hybridized carbons (Fsp3) is 0.333. The van der Waals surface area contributed by atoms with Crippen molar-refractivity contribution in [2.75, 3.05) is 50.9 Å². The number of anilines is 1. The van der Waals surface area contributed by atoms with Crippen LogP contribution >= 0.6 is 11.3 Å². The quantitative estimate of drug-likeness (QED) is 0.594. The molecule has 0 saturated carbocycles. The Labute approximate surface area is 186 Å². The minimum Gasteiger partial charge on any atom is -0.482 e. The number of morpholine rings is 1. The molecular weight excluding hydrogens is 410 g/mol. The predicted molar refractivity (Wildman–Crippen MR) is 122 cm³/mol. The highest BCUT2D eigenvalue weighted by atomic mass is 32.1. The Morgan fingerprint density at radius 3 is 2.71 bits per heavy atom. The van der Waals surface area contributed by atoms with Gasteiger partial charge in [-0.25, -0.2) is 4.98 Å². The Kier molecular flexibility index (Phi) is 5.97. The van der Waals surface area contributed by atoms with Crippen molar-refractivity contribution in [3.8, 4) is 17.0 Å². The molecule has 2 aliphatic heterocycles. The van der Waals surface area contributed by atoms with E-state index in [1.165, 1.54) is 5.56 Å². The highest BCUT2D eigenvalue weighted by Crippen LogP contribution is 2.36. The molecule has 0 spiro atoms. The van der Waals surface area contributed by atoms with Gasteiger partial charge in [-0.05, 0) is 23.8 Å². The lowest BCUT2D eigenvalue weighted by Crippen LogP contribution is -2.45. The normalized spacial score (nSPS) is 16.8. The molecule has 5 rings (SSSR count). The van der Waals surface area contributed by atoms with Crippen molar-refractivity contribution < 1.29 is 14.3 Å². The molecule has 1 saturated heterocycles. The molecule has 1 fully saturated rings. The smallest absolute Gasteiger partial charge is 0.265 e. The fourth-order valence-corrected chi connectivity index (χ4v) is 4.81. The molecule has 31 heavy (non-hydrogen) atoms. The van der Waals surface area contributed by atoms with E-state index in [0.29, 0.717) is 6.54 Å². The van der Waals surface area contributed by atoms with Crippen molar-refractivity contribution in [1.82, 2.24) is 9.88 Å². The van der Waals surface area contributed by atoms with Crippen LogP contribution in [-0.2, 0) is 16.0 Å². The van der Waals surface area contributed by atoms with Crippen LogP contribution in [-0.4, -0.2) is 61.8 Å².